The average Bonchev–Trinajstić information content (AvgIpc) is 2.55. The van der Waals surface area contributed by atoms with Crippen molar-refractivity contribution in [3.8, 4) is 0 Å². The summed E-state index contributed by atoms with van der Waals surface area (Å²) in [6.45, 7) is 1.73. The second kappa shape index (κ2) is 7.35. The number of carbonyl (C=O) groups is 2. The van der Waals surface area contributed by atoms with E-state index in [-0.39, 0.29) is 11.7 Å². The zero-order chi connectivity index (χ0) is 16.8. The van der Waals surface area contributed by atoms with Gasteiger partial charge in [0.25, 0.3) is 0 Å². The van der Waals surface area contributed by atoms with Crippen LogP contribution in [0, 0.1) is 12.7 Å². The molecule has 0 radical (unpaired) electrons. The van der Waals surface area contributed by atoms with Gasteiger partial charge in [-0.1, -0.05) is 18.2 Å². The number of amides is 1. The van der Waals surface area contributed by atoms with Crippen molar-refractivity contribution in [3.05, 3.63) is 71.0 Å². The van der Waals surface area contributed by atoms with Crippen molar-refractivity contribution in [1.82, 2.24) is 0 Å². The standard InChI is InChI=1S/C18H16FNO3/c1-12-15(18(22)23-2)4-3-5-16(12)20-17(21)11-8-13-6-9-14(19)10-7-13/h3-11H,1-2H3,(H,20,21)/b11-8+. The number of hydrogen-bond donors (Lipinski definition) is 1. The van der Waals surface area contributed by atoms with Crippen LogP contribution < -0.4 is 5.32 Å². The van der Waals surface area contributed by atoms with E-state index in [1.165, 1.54) is 25.3 Å². The van der Waals surface area contributed by atoms with Crippen molar-refractivity contribution in [1.29, 1.82) is 0 Å². The second-order valence-electron chi connectivity index (χ2n) is 4.84. The van der Waals surface area contributed by atoms with E-state index in [9.17, 15) is 14.0 Å². The summed E-state index contributed by atoms with van der Waals surface area (Å²) >= 11 is 0. The van der Waals surface area contributed by atoms with Crippen LogP contribution in [0.1, 0.15) is 21.5 Å². The minimum Gasteiger partial charge on any atom is -0.465 e. The Morgan fingerprint density at radius 1 is 1.13 bits per heavy atom. The van der Waals surface area contributed by atoms with Gasteiger partial charge in [0.2, 0.25) is 5.91 Å². The van der Waals surface area contributed by atoms with Crippen LogP contribution in [0.15, 0.2) is 48.5 Å². The van der Waals surface area contributed by atoms with Gasteiger partial charge in [0.05, 0.1) is 12.7 Å². The minimum absolute atomic E-state index is 0.332. The molecule has 0 saturated carbocycles. The summed E-state index contributed by atoms with van der Waals surface area (Å²) in [6.07, 6.45) is 2.92. The van der Waals surface area contributed by atoms with Crippen molar-refractivity contribution >= 4 is 23.6 Å². The van der Waals surface area contributed by atoms with Crippen molar-refractivity contribution in [2.75, 3.05) is 12.4 Å². The van der Waals surface area contributed by atoms with Gasteiger partial charge in [-0.2, -0.15) is 0 Å². The molecular formula is C18H16FNO3. The van der Waals surface area contributed by atoms with Gasteiger partial charge in [-0.15, -0.1) is 0 Å². The molecule has 118 valence electrons. The number of hydrogen-bond acceptors (Lipinski definition) is 3. The molecule has 0 bridgehead atoms. The third-order valence-corrected chi connectivity index (χ3v) is 3.29. The topological polar surface area (TPSA) is 55.4 Å². The molecule has 2 rings (SSSR count). The van der Waals surface area contributed by atoms with Crippen LogP contribution in [0.3, 0.4) is 0 Å². The molecule has 23 heavy (non-hydrogen) atoms. The number of rotatable bonds is 4. The van der Waals surface area contributed by atoms with Crippen LogP contribution in [-0.2, 0) is 9.53 Å². The van der Waals surface area contributed by atoms with E-state index in [0.29, 0.717) is 22.4 Å². The first-order valence-electron chi connectivity index (χ1n) is 6.94. The van der Waals surface area contributed by atoms with E-state index in [0.717, 1.165) is 0 Å². The van der Waals surface area contributed by atoms with E-state index in [1.54, 1.807) is 43.3 Å². The number of anilines is 1. The quantitative estimate of drug-likeness (QED) is 0.693. The van der Waals surface area contributed by atoms with Crippen molar-refractivity contribution < 1.29 is 18.7 Å². The molecule has 0 saturated heterocycles. The predicted octanol–water partition coefficient (Wildman–Crippen LogP) is 3.57. The summed E-state index contributed by atoms with van der Waals surface area (Å²) in [4.78, 5) is 23.6. The second-order valence-corrected chi connectivity index (χ2v) is 4.84. The van der Waals surface area contributed by atoms with Gasteiger partial charge in [0.1, 0.15) is 5.82 Å². The van der Waals surface area contributed by atoms with Gasteiger partial charge < -0.3 is 10.1 Å². The summed E-state index contributed by atoms with van der Waals surface area (Å²) in [6, 6.07) is 10.8. The highest BCUT2D eigenvalue weighted by Gasteiger charge is 2.12. The third kappa shape index (κ3) is 4.26. The SMILES string of the molecule is COC(=O)c1cccc(NC(=O)/C=C/c2ccc(F)cc2)c1C. The molecule has 5 heteroatoms. The van der Waals surface area contributed by atoms with Crippen LogP contribution >= 0.6 is 0 Å². The molecule has 2 aromatic carbocycles. The molecule has 0 heterocycles. The van der Waals surface area contributed by atoms with Gasteiger partial charge in [-0.25, -0.2) is 9.18 Å². The molecule has 0 aliphatic rings. The van der Waals surface area contributed by atoms with Crippen LogP contribution in [0.4, 0.5) is 10.1 Å². The van der Waals surface area contributed by atoms with E-state index in [4.69, 9.17) is 4.74 Å². The molecule has 0 atom stereocenters. The number of nitrogens with one attached hydrogen (secondary N) is 1. The lowest BCUT2D eigenvalue weighted by Gasteiger charge is -2.10. The first kappa shape index (κ1) is 16.4. The minimum atomic E-state index is -0.458. The Morgan fingerprint density at radius 3 is 2.48 bits per heavy atom. The Morgan fingerprint density at radius 2 is 1.83 bits per heavy atom. The number of halogens is 1. The fourth-order valence-corrected chi connectivity index (χ4v) is 2.02. The molecule has 1 amide bonds. The maximum absolute atomic E-state index is 12.8. The van der Waals surface area contributed by atoms with Crippen LogP contribution in [0.2, 0.25) is 0 Å². The lowest BCUT2D eigenvalue weighted by molar-refractivity contribution is -0.111. The largest absolute Gasteiger partial charge is 0.465 e. The Labute approximate surface area is 133 Å². The van der Waals surface area contributed by atoms with Crippen molar-refractivity contribution in [3.63, 3.8) is 0 Å². The molecule has 0 fully saturated rings. The Balaban J connectivity index is 2.11. The molecular weight excluding hydrogens is 297 g/mol. The Kier molecular flexibility index (Phi) is 5.25. The Bertz CT molecular complexity index is 751. The summed E-state index contributed by atoms with van der Waals surface area (Å²) < 4.78 is 17.5. The number of esters is 1. The first-order chi connectivity index (χ1) is 11.0. The smallest absolute Gasteiger partial charge is 0.338 e. The molecule has 2 aromatic rings. The molecule has 4 nitrogen and oxygen atoms in total. The van der Waals surface area contributed by atoms with Crippen molar-refractivity contribution in [2.24, 2.45) is 0 Å². The molecule has 0 aliphatic heterocycles. The fourth-order valence-electron chi connectivity index (χ4n) is 2.02. The summed E-state index contributed by atoms with van der Waals surface area (Å²) in [5, 5.41) is 2.70. The third-order valence-electron chi connectivity index (χ3n) is 3.29. The van der Waals surface area contributed by atoms with Gasteiger partial charge in [0.15, 0.2) is 0 Å². The molecule has 0 spiro atoms. The van der Waals surface area contributed by atoms with Crippen molar-refractivity contribution in [2.45, 2.75) is 6.92 Å². The van der Waals surface area contributed by atoms with Gasteiger partial charge >= 0.3 is 5.97 Å². The maximum atomic E-state index is 12.8. The summed E-state index contributed by atoms with van der Waals surface area (Å²) in [5.74, 6) is -1.14. The van der Waals surface area contributed by atoms with Crippen LogP contribution in [0.25, 0.3) is 6.08 Å². The summed E-state index contributed by atoms with van der Waals surface area (Å²) in [7, 11) is 1.30. The van der Waals surface area contributed by atoms with E-state index < -0.39 is 5.97 Å². The van der Waals surface area contributed by atoms with E-state index in [2.05, 4.69) is 5.32 Å². The molecule has 0 aliphatic carbocycles. The number of benzene rings is 2. The fraction of sp³-hybridized carbons (Fsp3) is 0.111. The zero-order valence-corrected chi connectivity index (χ0v) is 12.8. The number of carbonyl (C=O) groups excluding carboxylic acids is 2. The molecule has 1 N–H and O–H groups in total. The lowest BCUT2D eigenvalue weighted by Crippen LogP contribution is -2.11. The zero-order valence-electron chi connectivity index (χ0n) is 12.8. The first-order valence-corrected chi connectivity index (χ1v) is 6.94. The van der Waals surface area contributed by atoms with Crippen LogP contribution in [0.5, 0.6) is 0 Å². The van der Waals surface area contributed by atoms with Gasteiger partial charge in [-0.05, 0) is 48.4 Å². The summed E-state index contributed by atoms with van der Waals surface area (Å²) in [5.41, 5.74) is 2.26. The highest BCUT2D eigenvalue weighted by atomic mass is 19.1. The predicted molar refractivity (Wildman–Crippen MR) is 86.6 cm³/mol. The lowest BCUT2D eigenvalue weighted by atomic mass is 10.1. The maximum Gasteiger partial charge on any atom is 0.338 e. The van der Waals surface area contributed by atoms with E-state index >= 15 is 0 Å². The normalized spacial score (nSPS) is 10.6. The van der Waals surface area contributed by atoms with Crippen LogP contribution in [-0.4, -0.2) is 19.0 Å². The van der Waals surface area contributed by atoms with Gasteiger partial charge in [-0.3, -0.25) is 4.79 Å². The van der Waals surface area contributed by atoms with E-state index in [1.807, 2.05) is 0 Å². The molecule has 0 aromatic heterocycles. The molecule has 0 unspecified atom stereocenters. The number of ether oxygens (including phenoxy) is 1. The monoisotopic (exact) mass is 313 g/mol. The highest BCUT2D eigenvalue weighted by molar-refractivity contribution is 6.03. The highest BCUT2D eigenvalue weighted by Crippen LogP contribution is 2.19. The Hall–Kier alpha value is -2.95. The van der Waals surface area contributed by atoms with Gasteiger partial charge in [0, 0.05) is 11.8 Å². The average molecular weight is 313 g/mol. The number of methoxy groups -OCH3 is 1.